The van der Waals surface area contributed by atoms with Gasteiger partial charge >= 0.3 is 0 Å². The van der Waals surface area contributed by atoms with E-state index in [4.69, 9.17) is 9.52 Å². The zero-order chi connectivity index (χ0) is 12.8. The van der Waals surface area contributed by atoms with Gasteiger partial charge in [-0.3, -0.25) is 0 Å². The van der Waals surface area contributed by atoms with Crippen molar-refractivity contribution in [2.75, 3.05) is 6.54 Å². The first kappa shape index (κ1) is 13.6. The maximum absolute atomic E-state index is 10.4. The Hall–Kier alpha value is -0.840. The lowest BCUT2D eigenvalue weighted by molar-refractivity contribution is 0.0246. The lowest BCUT2D eigenvalue weighted by atomic mass is 9.94. The normalized spacial score (nSPS) is 19.7. The van der Waals surface area contributed by atoms with Crippen molar-refractivity contribution in [2.24, 2.45) is 0 Å². The van der Waals surface area contributed by atoms with Gasteiger partial charge in [-0.15, -0.1) is 0 Å². The quantitative estimate of drug-likeness (QED) is 0.702. The van der Waals surface area contributed by atoms with Crippen molar-refractivity contribution in [1.82, 2.24) is 5.32 Å². The molecule has 1 fully saturated rings. The van der Waals surface area contributed by atoms with Gasteiger partial charge in [-0.05, 0) is 25.0 Å². The van der Waals surface area contributed by atoms with Crippen LogP contribution in [0.5, 0.6) is 0 Å². The van der Waals surface area contributed by atoms with E-state index in [2.05, 4.69) is 5.32 Å². The molecule has 1 heterocycles. The van der Waals surface area contributed by atoms with Gasteiger partial charge in [0.25, 0.3) is 0 Å². The summed E-state index contributed by atoms with van der Waals surface area (Å²) < 4.78 is 5.39. The summed E-state index contributed by atoms with van der Waals surface area (Å²) in [6, 6.07) is 3.63. The van der Waals surface area contributed by atoms with E-state index < -0.39 is 5.60 Å². The maximum atomic E-state index is 10.4. The maximum Gasteiger partial charge on any atom is 0.129 e. The van der Waals surface area contributed by atoms with Crippen LogP contribution in [0.1, 0.15) is 50.0 Å². The zero-order valence-electron chi connectivity index (χ0n) is 10.8. The van der Waals surface area contributed by atoms with Crippen LogP contribution in [-0.2, 0) is 13.2 Å². The van der Waals surface area contributed by atoms with Gasteiger partial charge in [0.05, 0.1) is 12.1 Å². The van der Waals surface area contributed by atoms with E-state index in [9.17, 15) is 5.11 Å². The fraction of sp³-hybridized carbons (Fsp3) is 0.714. The molecule has 4 nitrogen and oxygen atoms in total. The van der Waals surface area contributed by atoms with Crippen LogP contribution in [-0.4, -0.2) is 22.4 Å². The van der Waals surface area contributed by atoms with Crippen molar-refractivity contribution in [3.05, 3.63) is 23.7 Å². The lowest BCUT2D eigenvalue weighted by Crippen LogP contribution is -2.39. The Morgan fingerprint density at radius 2 is 1.78 bits per heavy atom. The van der Waals surface area contributed by atoms with E-state index in [0.717, 1.165) is 31.4 Å². The first-order chi connectivity index (χ1) is 8.72. The van der Waals surface area contributed by atoms with Gasteiger partial charge < -0.3 is 19.9 Å². The summed E-state index contributed by atoms with van der Waals surface area (Å²) in [7, 11) is 0. The standard InChI is InChI=1S/C14H23NO3/c16-10-13-6-5-12(18-13)9-15-11-14(17)7-3-1-2-4-8-14/h5-6,15-17H,1-4,7-11H2. The smallest absolute Gasteiger partial charge is 0.129 e. The Balaban J connectivity index is 1.76. The summed E-state index contributed by atoms with van der Waals surface area (Å²) in [5, 5.41) is 22.6. The Bertz CT molecular complexity index is 354. The number of hydrogen-bond donors (Lipinski definition) is 3. The molecular formula is C14H23NO3. The van der Waals surface area contributed by atoms with Crippen LogP contribution >= 0.6 is 0 Å². The highest BCUT2D eigenvalue weighted by atomic mass is 16.4. The Kier molecular flexibility index (Phi) is 4.80. The lowest BCUT2D eigenvalue weighted by Gasteiger charge is -2.26. The van der Waals surface area contributed by atoms with Gasteiger partial charge in [-0.2, -0.15) is 0 Å². The fourth-order valence-corrected chi connectivity index (χ4v) is 2.58. The topological polar surface area (TPSA) is 65.6 Å². The molecule has 0 spiro atoms. The summed E-state index contributed by atoms with van der Waals surface area (Å²) in [6.07, 6.45) is 6.49. The van der Waals surface area contributed by atoms with Crippen LogP contribution in [0.3, 0.4) is 0 Å². The Labute approximate surface area is 108 Å². The van der Waals surface area contributed by atoms with Gasteiger partial charge in [-0.1, -0.05) is 25.7 Å². The summed E-state index contributed by atoms with van der Waals surface area (Å²) in [5.74, 6) is 1.39. The second-order valence-electron chi connectivity index (χ2n) is 5.27. The van der Waals surface area contributed by atoms with E-state index >= 15 is 0 Å². The first-order valence-electron chi connectivity index (χ1n) is 6.83. The molecule has 1 aromatic rings. The number of furan rings is 1. The summed E-state index contributed by atoms with van der Waals surface area (Å²) in [5.41, 5.74) is -0.553. The SMILES string of the molecule is OCc1ccc(CNCC2(O)CCCCCC2)o1. The van der Waals surface area contributed by atoms with Crippen LogP contribution in [0.2, 0.25) is 0 Å². The van der Waals surface area contributed by atoms with Crippen LogP contribution in [0, 0.1) is 0 Å². The highest BCUT2D eigenvalue weighted by molar-refractivity contribution is 5.06. The van der Waals surface area contributed by atoms with E-state index in [1.807, 2.05) is 6.07 Å². The molecule has 0 unspecified atom stereocenters. The molecule has 1 aromatic heterocycles. The Morgan fingerprint density at radius 3 is 2.39 bits per heavy atom. The number of nitrogens with one attached hydrogen (secondary N) is 1. The molecule has 0 bridgehead atoms. The molecule has 1 aliphatic carbocycles. The minimum absolute atomic E-state index is 0.0655. The van der Waals surface area contributed by atoms with Gasteiger partial charge in [0.2, 0.25) is 0 Å². The van der Waals surface area contributed by atoms with Gasteiger partial charge in [0.1, 0.15) is 18.1 Å². The third-order valence-electron chi connectivity index (χ3n) is 3.66. The molecule has 102 valence electrons. The van der Waals surface area contributed by atoms with Crippen molar-refractivity contribution >= 4 is 0 Å². The van der Waals surface area contributed by atoms with E-state index in [1.54, 1.807) is 6.07 Å². The van der Waals surface area contributed by atoms with E-state index in [-0.39, 0.29) is 6.61 Å². The van der Waals surface area contributed by atoms with Crippen molar-refractivity contribution in [3.8, 4) is 0 Å². The highest BCUT2D eigenvalue weighted by Gasteiger charge is 2.27. The second kappa shape index (κ2) is 6.36. The predicted molar refractivity (Wildman–Crippen MR) is 69.0 cm³/mol. The molecule has 4 heteroatoms. The van der Waals surface area contributed by atoms with Gasteiger partial charge in [0.15, 0.2) is 0 Å². The fourth-order valence-electron chi connectivity index (χ4n) is 2.58. The van der Waals surface area contributed by atoms with Crippen molar-refractivity contribution in [3.63, 3.8) is 0 Å². The van der Waals surface area contributed by atoms with E-state index in [0.29, 0.717) is 18.8 Å². The van der Waals surface area contributed by atoms with Crippen LogP contribution < -0.4 is 5.32 Å². The minimum atomic E-state index is -0.553. The first-order valence-corrected chi connectivity index (χ1v) is 6.83. The van der Waals surface area contributed by atoms with Crippen LogP contribution in [0.25, 0.3) is 0 Å². The molecule has 0 radical (unpaired) electrons. The largest absolute Gasteiger partial charge is 0.462 e. The molecule has 0 amide bonds. The average molecular weight is 253 g/mol. The summed E-state index contributed by atoms with van der Waals surface area (Å²) in [6.45, 7) is 1.15. The summed E-state index contributed by atoms with van der Waals surface area (Å²) in [4.78, 5) is 0. The van der Waals surface area contributed by atoms with Gasteiger partial charge in [0, 0.05) is 6.54 Å². The van der Waals surface area contributed by atoms with Crippen molar-refractivity contribution in [2.45, 2.75) is 57.3 Å². The average Bonchev–Trinajstić information content (AvgIpc) is 2.71. The molecule has 18 heavy (non-hydrogen) atoms. The molecule has 0 atom stereocenters. The number of aliphatic hydroxyl groups is 2. The number of aliphatic hydroxyl groups excluding tert-OH is 1. The van der Waals surface area contributed by atoms with Crippen LogP contribution in [0.4, 0.5) is 0 Å². The predicted octanol–water partition coefficient (Wildman–Crippen LogP) is 1.95. The minimum Gasteiger partial charge on any atom is -0.462 e. The monoisotopic (exact) mass is 253 g/mol. The highest BCUT2D eigenvalue weighted by Crippen LogP contribution is 2.26. The third kappa shape index (κ3) is 3.83. The number of hydrogen-bond acceptors (Lipinski definition) is 4. The third-order valence-corrected chi connectivity index (χ3v) is 3.66. The molecular weight excluding hydrogens is 230 g/mol. The molecule has 1 aliphatic rings. The molecule has 1 saturated carbocycles. The molecule has 0 saturated heterocycles. The van der Waals surface area contributed by atoms with E-state index in [1.165, 1.54) is 12.8 Å². The second-order valence-corrected chi connectivity index (χ2v) is 5.27. The molecule has 0 aliphatic heterocycles. The van der Waals surface area contributed by atoms with Crippen molar-refractivity contribution in [1.29, 1.82) is 0 Å². The van der Waals surface area contributed by atoms with Gasteiger partial charge in [-0.25, -0.2) is 0 Å². The Morgan fingerprint density at radius 1 is 1.11 bits per heavy atom. The number of rotatable bonds is 5. The summed E-state index contributed by atoms with van der Waals surface area (Å²) >= 11 is 0. The van der Waals surface area contributed by atoms with Crippen molar-refractivity contribution < 1.29 is 14.6 Å². The molecule has 3 N–H and O–H groups in total. The molecule has 2 rings (SSSR count). The van der Waals surface area contributed by atoms with Crippen LogP contribution in [0.15, 0.2) is 16.5 Å². The zero-order valence-corrected chi connectivity index (χ0v) is 10.8. The molecule has 0 aromatic carbocycles.